The molecule has 10 heavy (non-hydrogen) atoms. The Bertz CT molecular complexity index is 131. The van der Waals surface area contributed by atoms with Crippen molar-refractivity contribution in [2.45, 2.75) is 20.1 Å². The Morgan fingerprint density at radius 1 is 1.70 bits per heavy atom. The van der Waals surface area contributed by atoms with Gasteiger partial charge in [-0.05, 0) is 13.8 Å². The quantitative estimate of drug-likeness (QED) is 0.181. The molecule has 1 unspecified atom stereocenters. The first-order valence-electron chi connectivity index (χ1n) is 2.56. The molecule has 1 atom stereocenters. The molecule has 4 heteroatoms. The van der Waals surface area contributed by atoms with Crippen LogP contribution in [0.25, 0.3) is 0 Å². The molecule has 0 N–H and O–H groups in total. The molecule has 0 aliphatic heterocycles. The fourth-order valence-electron chi connectivity index (χ4n) is 0.251. The Hall–Kier alpha value is 0.170. The molecule has 0 spiro atoms. The SMILES string of the molecule is C=C(C)C(=O)OC(C)[O-].[Na+]. The average molecular weight is 152 g/mol. The van der Waals surface area contributed by atoms with Crippen LogP contribution in [0.4, 0.5) is 0 Å². The van der Waals surface area contributed by atoms with Crippen LogP contribution >= 0.6 is 0 Å². The maximum absolute atomic E-state index is 10.4. The number of ether oxygens (including phenoxy) is 1. The van der Waals surface area contributed by atoms with Gasteiger partial charge in [0.05, 0.1) is 0 Å². The van der Waals surface area contributed by atoms with Crippen molar-refractivity contribution in [2.24, 2.45) is 0 Å². The van der Waals surface area contributed by atoms with Crippen molar-refractivity contribution in [3.8, 4) is 0 Å². The third kappa shape index (κ3) is 6.29. The first kappa shape index (κ1) is 12.8. The number of rotatable bonds is 2. The predicted octanol–water partition coefficient (Wildman–Crippen LogP) is -3.18. The van der Waals surface area contributed by atoms with E-state index in [1.54, 1.807) is 0 Å². The molecule has 0 fully saturated rings. The topological polar surface area (TPSA) is 49.4 Å². The van der Waals surface area contributed by atoms with Crippen molar-refractivity contribution in [3.05, 3.63) is 12.2 Å². The standard InChI is InChI=1S/C6H9O3.Na/c1-4(2)6(8)9-5(3)7;/h5H,1H2,2-3H3;/q-1;+1. The van der Waals surface area contributed by atoms with Crippen molar-refractivity contribution in [3.63, 3.8) is 0 Å². The molecule has 0 aromatic rings. The molecule has 0 aromatic heterocycles. The van der Waals surface area contributed by atoms with Gasteiger partial charge in [-0.1, -0.05) is 6.58 Å². The molecule has 0 aromatic carbocycles. The van der Waals surface area contributed by atoms with Gasteiger partial charge < -0.3 is 9.84 Å². The fourth-order valence-corrected chi connectivity index (χ4v) is 0.251. The number of hydrogen-bond acceptors (Lipinski definition) is 3. The van der Waals surface area contributed by atoms with Crippen LogP contribution in [-0.4, -0.2) is 12.3 Å². The van der Waals surface area contributed by atoms with Gasteiger partial charge in [-0.25, -0.2) is 4.79 Å². The van der Waals surface area contributed by atoms with Crippen molar-refractivity contribution in [1.82, 2.24) is 0 Å². The first-order chi connectivity index (χ1) is 4.04. The maximum atomic E-state index is 10.4. The summed E-state index contributed by atoms with van der Waals surface area (Å²) in [6.07, 6.45) is -1.30. The molecule has 3 nitrogen and oxygen atoms in total. The molecule has 52 valence electrons. The minimum Gasteiger partial charge on any atom is -0.822 e. The van der Waals surface area contributed by atoms with Crippen LogP contribution in [0.3, 0.4) is 0 Å². The van der Waals surface area contributed by atoms with E-state index in [-0.39, 0.29) is 35.1 Å². The van der Waals surface area contributed by atoms with E-state index in [0.717, 1.165) is 0 Å². The first-order valence-corrected chi connectivity index (χ1v) is 2.56. The molecule has 0 saturated carbocycles. The van der Waals surface area contributed by atoms with Gasteiger partial charge in [-0.2, -0.15) is 0 Å². The second-order valence-electron chi connectivity index (χ2n) is 1.75. The molecule has 0 heterocycles. The number of carbonyl (C=O) groups is 1. The van der Waals surface area contributed by atoms with E-state index >= 15 is 0 Å². The van der Waals surface area contributed by atoms with Crippen LogP contribution in [0.15, 0.2) is 12.2 Å². The predicted molar refractivity (Wildman–Crippen MR) is 30.4 cm³/mol. The van der Waals surface area contributed by atoms with Gasteiger partial charge in [-0.15, -0.1) is 0 Å². The summed E-state index contributed by atoms with van der Waals surface area (Å²) < 4.78 is 4.22. The molecule has 0 amide bonds. The Morgan fingerprint density at radius 2 is 2.10 bits per heavy atom. The molecular formula is C6H9NaO3. The molecule has 0 aliphatic rings. The summed E-state index contributed by atoms with van der Waals surface area (Å²) in [7, 11) is 0. The van der Waals surface area contributed by atoms with E-state index in [9.17, 15) is 9.90 Å². The number of esters is 1. The second kappa shape index (κ2) is 5.92. The minimum absolute atomic E-state index is 0. The monoisotopic (exact) mass is 152 g/mol. The molecule has 0 rings (SSSR count). The zero-order chi connectivity index (χ0) is 7.44. The van der Waals surface area contributed by atoms with E-state index in [1.165, 1.54) is 13.8 Å². The van der Waals surface area contributed by atoms with E-state index in [1.807, 2.05) is 0 Å². The third-order valence-electron chi connectivity index (χ3n) is 0.621. The normalized spacial score (nSPS) is 11.1. The molecular weight excluding hydrogens is 143 g/mol. The summed E-state index contributed by atoms with van der Waals surface area (Å²) >= 11 is 0. The summed E-state index contributed by atoms with van der Waals surface area (Å²) in [5, 5.41) is 10.2. The zero-order valence-corrected chi connectivity index (χ0v) is 8.51. The van der Waals surface area contributed by atoms with Crippen LogP contribution in [0, 0.1) is 0 Å². The van der Waals surface area contributed by atoms with Gasteiger partial charge in [0.25, 0.3) is 0 Å². The fraction of sp³-hybridized carbons (Fsp3) is 0.500. The Balaban J connectivity index is 0. The van der Waals surface area contributed by atoms with Crippen LogP contribution < -0.4 is 34.7 Å². The van der Waals surface area contributed by atoms with Gasteiger partial charge in [0.1, 0.15) is 0 Å². The Kier molecular flexibility index (Phi) is 7.58. The van der Waals surface area contributed by atoms with Gasteiger partial charge >= 0.3 is 35.5 Å². The summed E-state index contributed by atoms with van der Waals surface area (Å²) in [6, 6.07) is 0. The van der Waals surface area contributed by atoms with Crippen LogP contribution in [0.5, 0.6) is 0 Å². The zero-order valence-electron chi connectivity index (χ0n) is 6.51. The van der Waals surface area contributed by atoms with Crippen molar-refractivity contribution >= 4 is 5.97 Å². The molecule has 0 aliphatic carbocycles. The van der Waals surface area contributed by atoms with Crippen LogP contribution in [0.2, 0.25) is 0 Å². The van der Waals surface area contributed by atoms with Gasteiger partial charge in [0, 0.05) is 11.9 Å². The molecule has 0 saturated heterocycles. The largest absolute Gasteiger partial charge is 1.00 e. The smallest absolute Gasteiger partial charge is 0.822 e. The maximum Gasteiger partial charge on any atom is 1.00 e. The second-order valence-corrected chi connectivity index (χ2v) is 1.75. The van der Waals surface area contributed by atoms with Crippen molar-refractivity contribution in [1.29, 1.82) is 0 Å². The minimum atomic E-state index is -1.30. The van der Waals surface area contributed by atoms with Crippen LogP contribution in [-0.2, 0) is 9.53 Å². The number of hydrogen-bond donors (Lipinski definition) is 0. The van der Waals surface area contributed by atoms with Gasteiger partial charge in [0.2, 0.25) is 0 Å². The molecule has 0 radical (unpaired) electrons. The van der Waals surface area contributed by atoms with Crippen molar-refractivity contribution in [2.75, 3.05) is 0 Å². The Morgan fingerprint density at radius 3 is 2.20 bits per heavy atom. The summed E-state index contributed by atoms with van der Waals surface area (Å²) in [5.74, 6) is -0.627. The van der Waals surface area contributed by atoms with Gasteiger partial charge in [-0.3, -0.25) is 0 Å². The van der Waals surface area contributed by atoms with Crippen LogP contribution in [0.1, 0.15) is 13.8 Å². The van der Waals surface area contributed by atoms with E-state index < -0.39 is 12.3 Å². The Labute approximate surface area is 82.4 Å². The third-order valence-corrected chi connectivity index (χ3v) is 0.621. The van der Waals surface area contributed by atoms with E-state index in [0.29, 0.717) is 0 Å². The molecule has 0 bridgehead atoms. The summed E-state index contributed by atoms with van der Waals surface area (Å²) in [4.78, 5) is 10.4. The van der Waals surface area contributed by atoms with E-state index in [2.05, 4.69) is 11.3 Å². The summed E-state index contributed by atoms with van der Waals surface area (Å²) in [6.45, 7) is 6.04. The number of carbonyl (C=O) groups excluding carboxylic acids is 1. The van der Waals surface area contributed by atoms with E-state index in [4.69, 9.17) is 0 Å². The van der Waals surface area contributed by atoms with Crippen molar-refractivity contribution < 1.29 is 44.2 Å². The average Bonchev–Trinajstić information content (AvgIpc) is 1.63. The van der Waals surface area contributed by atoms with Gasteiger partial charge in [0.15, 0.2) is 0 Å². The summed E-state index contributed by atoms with van der Waals surface area (Å²) in [5.41, 5.74) is 0.248.